The van der Waals surface area contributed by atoms with Crippen molar-refractivity contribution < 1.29 is 9.84 Å². The smallest absolute Gasteiger partial charge is 0.0900 e. The minimum atomic E-state index is -0.427. The summed E-state index contributed by atoms with van der Waals surface area (Å²) in [5.41, 5.74) is -0.171. The molecule has 0 aromatic rings. The Bertz CT molecular complexity index is 265. The van der Waals surface area contributed by atoms with Crippen molar-refractivity contribution in [3.63, 3.8) is 0 Å². The number of nitriles is 1. The van der Waals surface area contributed by atoms with Gasteiger partial charge in [-0.3, -0.25) is 0 Å². The third kappa shape index (κ3) is 5.03. The second-order valence-electron chi connectivity index (χ2n) is 5.51. The van der Waals surface area contributed by atoms with Crippen LogP contribution in [0, 0.1) is 16.7 Å². The molecule has 1 aliphatic heterocycles. The van der Waals surface area contributed by atoms with Gasteiger partial charge in [0.1, 0.15) is 0 Å². The molecule has 1 rings (SSSR count). The standard InChI is InChI=1S/C13H24N2O2/c1-11(2)17-9-12(16)8-15-6-4-13(3,10-14)5-7-15/h11-12,16H,4-9H2,1-3H3. The Morgan fingerprint density at radius 3 is 2.47 bits per heavy atom. The van der Waals surface area contributed by atoms with Gasteiger partial charge in [0.2, 0.25) is 0 Å². The van der Waals surface area contributed by atoms with Gasteiger partial charge in [-0.2, -0.15) is 5.26 Å². The van der Waals surface area contributed by atoms with Crippen molar-refractivity contribution in [3.05, 3.63) is 0 Å². The van der Waals surface area contributed by atoms with Gasteiger partial charge >= 0.3 is 0 Å². The lowest BCUT2D eigenvalue weighted by molar-refractivity contribution is -0.0139. The molecule has 0 aromatic heterocycles. The van der Waals surface area contributed by atoms with Gasteiger partial charge in [0, 0.05) is 6.54 Å². The van der Waals surface area contributed by atoms with Crippen LogP contribution < -0.4 is 0 Å². The van der Waals surface area contributed by atoms with Crippen LogP contribution in [0.2, 0.25) is 0 Å². The van der Waals surface area contributed by atoms with E-state index in [0.717, 1.165) is 25.9 Å². The molecule has 4 heteroatoms. The van der Waals surface area contributed by atoms with E-state index >= 15 is 0 Å². The predicted octanol–water partition coefficient (Wildman–Crippen LogP) is 1.40. The average molecular weight is 240 g/mol. The lowest BCUT2D eigenvalue weighted by Gasteiger charge is -2.35. The van der Waals surface area contributed by atoms with E-state index in [2.05, 4.69) is 11.0 Å². The Hall–Kier alpha value is -0.630. The van der Waals surface area contributed by atoms with Crippen molar-refractivity contribution in [3.8, 4) is 6.07 Å². The van der Waals surface area contributed by atoms with Gasteiger partial charge < -0.3 is 14.7 Å². The predicted molar refractivity (Wildman–Crippen MR) is 66.5 cm³/mol. The number of aliphatic hydroxyl groups is 1. The van der Waals surface area contributed by atoms with Crippen molar-refractivity contribution >= 4 is 0 Å². The molecule has 1 fully saturated rings. The molecule has 1 heterocycles. The molecule has 0 bridgehead atoms. The zero-order valence-corrected chi connectivity index (χ0v) is 11.1. The summed E-state index contributed by atoms with van der Waals surface area (Å²) >= 11 is 0. The minimum Gasteiger partial charge on any atom is -0.389 e. The van der Waals surface area contributed by atoms with E-state index in [1.165, 1.54) is 0 Å². The molecule has 1 saturated heterocycles. The fourth-order valence-electron chi connectivity index (χ4n) is 2.00. The number of aliphatic hydroxyl groups excluding tert-OH is 1. The number of likely N-dealkylation sites (tertiary alicyclic amines) is 1. The summed E-state index contributed by atoms with van der Waals surface area (Å²) in [5.74, 6) is 0. The molecular weight excluding hydrogens is 216 g/mol. The highest BCUT2D eigenvalue weighted by molar-refractivity contribution is 4.98. The maximum atomic E-state index is 9.81. The van der Waals surface area contributed by atoms with Crippen LogP contribution in [0.5, 0.6) is 0 Å². The summed E-state index contributed by atoms with van der Waals surface area (Å²) in [6, 6.07) is 2.38. The molecule has 0 spiro atoms. The normalized spacial score (nSPS) is 22.4. The molecule has 4 nitrogen and oxygen atoms in total. The number of rotatable bonds is 5. The Kier molecular flexibility index (Phi) is 5.38. The van der Waals surface area contributed by atoms with Gasteiger partial charge in [-0.05, 0) is 46.7 Å². The summed E-state index contributed by atoms with van der Waals surface area (Å²) in [4.78, 5) is 2.22. The zero-order valence-electron chi connectivity index (χ0n) is 11.1. The first kappa shape index (κ1) is 14.4. The maximum absolute atomic E-state index is 9.81. The van der Waals surface area contributed by atoms with E-state index in [0.29, 0.717) is 13.2 Å². The molecule has 17 heavy (non-hydrogen) atoms. The van der Waals surface area contributed by atoms with Crippen molar-refractivity contribution in [2.24, 2.45) is 5.41 Å². The van der Waals surface area contributed by atoms with Crippen molar-refractivity contribution in [2.75, 3.05) is 26.2 Å². The monoisotopic (exact) mass is 240 g/mol. The molecule has 98 valence electrons. The molecule has 0 aliphatic carbocycles. The van der Waals surface area contributed by atoms with Crippen LogP contribution in [0.4, 0.5) is 0 Å². The second kappa shape index (κ2) is 6.34. The van der Waals surface area contributed by atoms with E-state index in [1.54, 1.807) is 0 Å². The van der Waals surface area contributed by atoms with Crippen molar-refractivity contribution in [1.82, 2.24) is 4.90 Å². The molecule has 1 aliphatic rings. The molecule has 0 amide bonds. The summed E-state index contributed by atoms with van der Waals surface area (Å²) in [6.45, 7) is 8.77. The molecule has 1 atom stereocenters. The largest absolute Gasteiger partial charge is 0.389 e. The van der Waals surface area contributed by atoms with E-state index in [4.69, 9.17) is 10.00 Å². The zero-order chi connectivity index (χ0) is 12.9. The molecule has 0 saturated carbocycles. The lowest BCUT2D eigenvalue weighted by Crippen LogP contribution is -2.43. The first-order valence-electron chi connectivity index (χ1n) is 6.38. The number of β-amino-alcohol motifs (C(OH)–C–C–N with tert-alkyl or cyclic N) is 1. The maximum Gasteiger partial charge on any atom is 0.0900 e. The Balaban J connectivity index is 2.24. The number of hydrogen-bond acceptors (Lipinski definition) is 4. The summed E-state index contributed by atoms with van der Waals surface area (Å²) < 4.78 is 5.38. The van der Waals surface area contributed by atoms with Crippen molar-refractivity contribution in [1.29, 1.82) is 5.26 Å². The number of ether oxygens (including phenoxy) is 1. The fraction of sp³-hybridized carbons (Fsp3) is 0.923. The van der Waals surface area contributed by atoms with Crippen molar-refractivity contribution in [2.45, 2.75) is 45.8 Å². The highest BCUT2D eigenvalue weighted by atomic mass is 16.5. The molecule has 0 radical (unpaired) electrons. The van der Waals surface area contributed by atoms with Crippen LogP contribution in [-0.2, 0) is 4.74 Å². The van der Waals surface area contributed by atoms with Crippen LogP contribution in [0.15, 0.2) is 0 Å². The number of piperidine rings is 1. The third-order valence-electron chi connectivity index (χ3n) is 3.32. The summed E-state index contributed by atoms with van der Waals surface area (Å²) in [5, 5.41) is 18.8. The number of hydrogen-bond donors (Lipinski definition) is 1. The van der Waals surface area contributed by atoms with Gasteiger partial charge in [0.15, 0.2) is 0 Å². The SMILES string of the molecule is CC(C)OCC(O)CN1CCC(C)(C#N)CC1. The first-order valence-corrected chi connectivity index (χ1v) is 6.38. The first-order chi connectivity index (χ1) is 7.95. The van der Waals surface area contributed by atoms with Gasteiger partial charge in [-0.1, -0.05) is 0 Å². The van der Waals surface area contributed by atoms with Crippen LogP contribution >= 0.6 is 0 Å². The Morgan fingerprint density at radius 2 is 2.00 bits per heavy atom. The fourth-order valence-corrected chi connectivity index (χ4v) is 2.00. The molecule has 1 N–H and O–H groups in total. The Morgan fingerprint density at radius 1 is 1.41 bits per heavy atom. The van der Waals surface area contributed by atoms with E-state index in [-0.39, 0.29) is 11.5 Å². The van der Waals surface area contributed by atoms with Gasteiger partial charge in [0.25, 0.3) is 0 Å². The minimum absolute atomic E-state index is 0.160. The van der Waals surface area contributed by atoms with Crippen LogP contribution in [0.3, 0.4) is 0 Å². The summed E-state index contributed by atoms with van der Waals surface area (Å²) in [7, 11) is 0. The van der Waals surface area contributed by atoms with Crippen LogP contribution in [0.25, 0.3) is 0 Å². The van der Waals surface area contributed by atoms with Gasteiger partial charge in [-0.15, -0.1) is 0 Å². The number of nitrogens with zero attached hydrogens (tertiary/aromatic N) is 2. The van der Waals surface area contributed by atoms with Gasteiger partial charge in [0.05, 0.1) is 30.3 Å². The highest BCUT2D eigenvalue weighted by Gasteiger charge is 2.30. The quantitative estimate of drug-likeness (QED) is 0.789. The molecule has 1 unspecified atom stereocenters. The Labute approximate surface area is 104 Å². The summed E-state index contributed by atoms with van der Waals surface area (Å²) in [6.07, 6.45) is 1.51. The molecular formula is C13H24N2O2. The third-order valence-corrected chi connectivity index (χ3v) is 3.32. The van der Waals surface area contributed by atoms with E-state index in [1.807, 2.05) is 20.8 Å². The van der Waals surface area contributed by atoms with E-state index < -0.39 is 6.10 Å². The molecule has 0 aromatic carbocycles. The van der Waals surface area contributed by atoms with Crippen LogP contribution in [0.1, 0.15) is 33.6 Å². The topological polar surface area (TPSA) is 56.5 Å². The average Bonchev–Trinajstić information content (AvgIpc) is 2.30. The van der Waals surface area contributed by atoms with Gasteiger partial charge in [-0.25, -0.2) is 0 Å². The van der Waals surface area contributed by atoms with E-state index in [9.17, 15) is 5.11 Å². The lowest BCUT2D eigenvalue weighted by atomic mass is 9.82. The second-order valence-corrected chi connectivity index (χ2v) is 5.51. The highest BCUT2D eigenvalue weighted by Crippen LogP contribution is 2.29. The van der Waals surface area contributed by atoms with Crippen LogP contribution in [-0.4, -0.2) is 48.5 Å².